The Morgan fingerprint density at radius 2 is 1.89 bits per heavy atom. The number of hydrogen-bond donors (Lipinski definition) is 1. The van der Waals surface area contributed by atoms with Crippen LogP contribution < -0.4 is 9.46 Å². The first-order valence-electron chi connectivity index (χ1n) is 9.54. The van der Waals surface area contributed by atoms with Gasteiger partial charge in [0.15, 0.2) is 0 Å². The molecule has 1 aliphatic heterocycles. The van der Waals surface area contributed by atoms with E-state index in [9.17, 15) is 13.2 Å². The van der Waals surface area contributed by atoms with Crippen LogP contribution in [0.3, 0.4) is 0 Å². The summed E-state index contributed by atoms with van der Waals surface area (Å²) < 4.78 is 38.2. The van der Waals surface area contributed by atoms with E-state index in [1.54, 1.807) is 11.0 Å². The summed E-state index contributed by atoms with van der Waals surface area (Å²) in [5.41, 5.74) is 0.289. The normalized spacial score (nSPS) is 15.4. The van der Waals surface area contributed by atoms with Gasteiger partial charge in [0.1, 0.15) is 5.75 Å². The molecule has 1 fully saturated rings. The predicted octanol–water partition coefficient (Wildman–Crippen LogP) is 2.42. The monoisotopic (exact) mass is 398 g/mol. The van der Waals surface area contributed by atoms with E-state index in [0.29, 0.717) is 38.5 Å². The minimum atomic E-state index is -3.70. The second-order valence-corrected chi connectivity index (χ2v) is 8.28. The Morgan fingerprint density at radius 1 is 1.19 bits per heavy atom. The van der Waals surface area contributed by atoms with Crippen molar-refractivity contribution >= 4 is 15.9 Å². The third-order valence-electron chi connectivity index (χ3n) is 4.57. The van der Waals surface area contributed by atoms with Crippen molar-refractivity contribution in [1.82, 2.24) is 9.62 Å². The summed E-state index contributed by atoms with van der Waals surface area (Å²) in [5.74, 6) is 0.210. The molecule has 0 atom stereocenters. The first-order valence-corrected chi connectivity index (χ1v) is 11.0. The smallest absolute Gasteiger partial charge is 0.257 e. The van der Waals surface area contributed by atoms with Gasteiger partial charge >= 0.3 is 0 Å². The van der Waals surface area contributed by atoms with Crippen LogP contribution in [0.25, 0.3) is 0 Å². The zero-order valence-corrected chi connectivity index (χ0v) is 17.0. The van der Waals surface area contributed by atoms with Crippen molar-refractivity contribution in [2.75, 3.05) is 40.0 Å². The van der Waals surface area contributed by atoms with E-state index in [1.807, 2.05) is 6.92 Å². The van der Waals surface area contributed by atoms with Crippen LogP contribution >= 0.6 is 0 Å². The van der Waals surface area contributed by atoms with Crippen molar-refractivity contribution < 1.29 is 22.7 Å². The zero-order chi connectivity index (χ0) is 19.7. The van der Waals surface area contributed by atoms with E-state index < -0.39 is 10.0 Å². The van der Waals surface area contributed by atoms with Crippen molar-refractivity contribution in [1.29, 1.82) is 0 Å². The van der Waals surface area contributed by atoms with Gasteiger partial charge in [0.25, 0.3) is 5.91 Å². The number of ether oxygens (including phenoxy) is 2. The molecule has 0 aliphatic carbocycles. The van der Waals surface area contributed by atoms with Gasteiger partial charge in [-0.2, -0.15) is 0 Å². The lowest BCUT2D eigenvalue weighted by atomic mass is 10.1. The van der Waals surface area contributed by atoms with E-state index in [1.165, 1.54) is 19.2 Å². The van der Waals surface area contributed by atoms with Crippen LogP contribution in [-0.4, -0.2) is 59.2 Å². The lowest BCUT2D eigenvalue weighted by Crippen LogP contribution is -2.32. The average molecular weight is 399 g/mol. The Kier molecular flexibility index (Phi) is 8.53. The molecule has 1 saturated heterocycles. The van der Waals surface area contributed by atoms with Crippen LogP contribution in [0.2, 0.25) is 0 Å². The van der Waals surface area contributed by atoms with Crippen LogP contribution in [-0.2, 0) is 14.8 Å². The fraction of sp³-hybridized carbons (Fsp3) is 0.632. The molecule has 7 nitrogen and oxygen atoms in total. The minimum absolute atomic E-state index is 0.0675. The number of carbonyl (C=O) groups excluding carboxylic acids is 1. The molecular formula is C19H30N2O5S. The fourth-order valence-corrected chi connectivity index (χ4v) is 4.17. The van der Waals surface area contributed by atoms with Gasteiger partial charge in [0.05, 0.1) is 17.6 Å². The number of hydrogen-bond acceptors (Lipinski definition) is 5. The molecule has 0 spiro atoms. The van der Waals surface area contributed by atoms with Gasteiger partial charge in [-0.25, -0.2) is 13.1 Å². The van der Waals surface area contributed by atoms with Gasteiger partial charge in [0.2, 0.25) is 10.0 Å². The van der Waals surface area contributed by atoms with Gasteiger partial charge in [0, 0.05) is 32.8 Å². The molecule has 8 heteroatoms. The second kappa shape index (κ2) is 10.6. The SMILES string of the molecule is CCOCCCNS(=O)(=O)c1ccc(OC)c(C(=O)N2CCCCCC2)c1. The maximum absolute atomic E-state index is 13.0. The third kappa shape index (κ3) is 6.19. The highest BCUT2D eigenvalue weighted by Gasteiger charge is 2.23. The molecule has 1 aromatic rings. The molecule has 1 aromatic carbocycles. The van der Waals surface area contributed by atoms with Gasteiger partial charge in [-0.1, -0.05) is 12.8 Å². The number of carbonyl (C=O) groups is 1. The average Bonchev–Trinajstić information content (AvgIpc) is 2.96. The molecule has 2 rings (SSSR count). The number of methoxy groups -OCH3 is 1. The number of nitrogens with one attached hydrogen (secondary N) is 1. The molecule has 1 amide bonds. The summed E-state index contributed by atoms with van der Waals surface area (Å²) in [6.45, 7) is 4.66. The van der Waals surface area contributed by atoms with Crippen LogP contribution in [0, 0.1) is 0 Å². The Bertz CT molecular complexity index is 713. The Morgan fingerprint density at radius 3 is 2.52 bits per heavy atom. The first-order chi connectivity index (χ1) is 13.0. The van der Waals surface area contributed by atoms with Crippen molar-refractivity contribution in [3.8, 4) is 5.75 Å². The Hall–Kier alpha value is -1.64. The fourth-order valence-electron chi connectivity index (χ4n) is 3.07. The summed E-state index contributed by atoms with van der Waals surface area (Å²) in [6.07, 6.45) is 4.74. The van der Waals surface area contributed by atoms with Crippen molar-refractivity contribution in [3.63, 3.8) is 0 Å². The van der Waals surface area contributed by atoms with Crippen molar-refractivity contribution in [2.45, 2.75) is 43.9 Å². The highest BCUT2D eigenvalue weighted by molar-refractivity contribution is 7.89. The van der Waals surface area contributed by atoms with E-state index in [4.69, 9.17) is 9.47 Å². The number of nitrogens with zero attached hydrogens (tertiary/aromatic N) is 1. The molecule has 1 heterocycles. The van der Waals surface area contributed by atoms with Gasteiger partial charge in [-0.05, 0) is 44.4 Å². The molecule has 0 bridgehead atoms. The standard InChI is InChI=1S/C19H30N2O5S/c1-3-26-14-8-11-20-27(23,24)16-9-10-18(25-2)17(15-16)19(22)21-12-6-4-5-7-13-21/h9-10,15,20H,3-8,11-14H2,1-2H3. The number of benzene rings is 1. The summed E-state index contributed by atoms with van der Waals surface area (Å²) in [6, 6.07) is 4.42. The maximum Gasteiger partial charge on any atom is 0.257 e. The van der Waals surface area contributed by atoms with E-state index >= 15 is 0 Å². The minimum Gasteiger partial charge on any atom is -0.496 e. The quantitative estimate of drug-likeness (QED) is 0.646. The van der Waals surface area contributed by atoms with E-state index in [-0.39, 0.29) is 22.9 Å². The number of rotatable bonds is 9. The molecular weight excluding hydrogens is 368 g/mol. The molecule has 0 unspecified atom stereocenters. The molecule has 1 N–H and O–H groups in total. The van der Waals surface area contributed by atoms with Crippen LogP contribution in [0.1, 0.15) is 49.4 Å². The largest absolute Gasteiger partial charge is 0.496 e. The van der Waals surface area contributed by atoms with Crippen molar-refractivity contribution in [3.05, 3.63) is 23.8 Å². The highest BCUT2D eigenvalue weighted by atomic mass is 32.2. The second-order valence-electron chi connectivity index (χ2n) is 6.52. The number of sulfonamides is 1. The molecule has 152 valence electrons. The summed E-state index contributed by atoms with van der Waals surface area (Å²) in [4.78, 5) is 14.8. The zero-order valence-electron chi connectivity index (χ0n) is 16.2. The molecule has 27 heavy (non-hydrogen) atoms. The summed E-state index contributed by atoms with van der Waals surface area (Å²) in [7, 11) is -2.22. The van der Waals surface area contributed by atoms with Crippen LogP contribution in [0.5, 0.6) is 5.75 Å². The predicted molar refractivity (Wildman–Crippen MR) is 104 cm³/mol. The Balaban J connectivity index is 2.16. The molecule has 0 aromatic heterocycles. The van der Waals surface area contributed by atoms with Crippen LogP contribution in [0.15, 0.2) is 23.1 Å². The molecule has 1 aliphatic rings. The van der Waals surface area contributed by atoms with Gasteiger partial charge < -0.3 is 14.4 Å². The Labute approximate surface area is 162 Å². The lowest BCUT2D eigenvalue weighted by molar-refractivity contribution is 0.0758. The number of likely N-dealkylation sites (tertiary alicyclic amines) is 1. The summed E-state index contributed by atoms with van der Waals surface area (Å²) in [5, 5.41) is 0. The molecule has 0 radical (unpaired) electrons. The van der Waals surface area contributed by atoms with Crippen molar-refractivity contribution in [2.24, 2.45) is 0 Å². The maximum atomic E-state index is 13.0. The third-order valence-corrected chi connectivity index (χ3v) is 6.03. The first kappa shape index (κ1) is 21.7. The van der Waals surface area contributed by atoms with E-state index in [2.05, 4.69) is 4.72 Å². The van der Waals surface area contributed by atoms with E-state index in [0.717, 1.165) is 25.7 Å². The lowest BCUT2D eigenvalue weighted by Gasteiger charge is -2.22. The topological polar surface area (TPSA) is 84.9 Å². The van der Waals surface area contributed by atoms with Gasteiger partial charge in [-0.15, -0.1) is 0 Å². The summed E-state index contributed by atoms with van der Waals surface area (Å²) >= 11 is 0. The highest BCUT2D eigenvalue weighted by Crippen LogP contribution is 2.25. The molecule has 0 saturated carbocycles. The van der Waals surface area contributed by atoms with Crippen LogP contribution in [0.4, 0.5) is 0 Å². The number of amides is 1. The van der Waals surface area contributed by atoms with Gasteiger partial charge in [-0.3, -0.25) is 4.79 Å².